The van der Waals surface area contributed by atoms with Gasteiger partial charge in [0.25, 0.3) is 0 Å². The molecule has 58 heavy (non-hydrogen) atoms. The van der Waals surface area contributed by atoms with Gasteiger partial charge in [0.2, 0.25) is 0 Å². The zero-order valence-corrected chi connectivity index (χ0v) is 37.0. The molecule has 0 aromatic heterocycles. The van der Waals surface area contributed by atoms with Crippen molar-refractivity contribution in [3.05, 3.63) is 109 Å². The number of carbonyl (C=O) groups is 3. The van der Waals surface area contributed by atoms with Gasteiger partial charge in [0.05, 0.1) is 0 Å². The van der Waals surface area contributed by atoms with Crippen molar-refractivity contribution < 1.29 is 28.6 Å². The number of hydrogen-bond donors (Lipinski definition) is 0. The highest BCUT2D eigenvalue weighted by Crippen LogP contribution is 2.13. The first kappa shape index (κ1) is 54.1. The Kier molecular flexibility index (Phi) is 42.7. The van der Waals surface area contributed by atoms with E-state index >= 15 is 0 Å². The highest BCUT2D eigenvalue weighted by molar-refractivity contribution is 5.71. The smallest absolute Gasteiger partial charge is 0.306 e. The molecule has 6 heteroatoms. The SMILES string of the molecule is CC/C=C/C=C/C=C/C=C/CCCCCC(=O)OC(COC(=O)CCCCCCC/C=C/C=C/C=C/CC)COC(=O)CCCCCCCCC/C=C/C/C=C/CC. The van der Waals surface area contributed by atoms with Crippen LogP contribution in [0.1, 0.15) is 181 Å². The van der Waals surface area contributed by atoms with E-state index in [-0.39, 0.29) is 37.5 Å². The van der Waals surface area contributed by atoms with Crippen LogP contribution in [0.15, 0.2) is 109 Å². The van der Waals surface area contributed by atoms with Crippen LogP contribution in [0.4, 0.5) is 0 Å². The standard InChI is InChI=1S/C52H82O6/c1-4-7-10-13-16-19-22-25-28-30-33-36-39-42-45-51(54)57-48-49(58-52(55)46-43-40-37-34-31-27-24-21-18-15-12-9-6-3)47-56-50(53)44-41-38-35-32-29-26-23-20-17-14-11-8-5-2/h7-12,14-21,23-24,27,31,49H,4-6,13,22,25-26,28-30,32-48H2,1-3H3/b10-7+,11-8+,12-9+,17-14+,18-15+,19-16+,23-20+,24-21+,31-27+. The largest absolute Gasteiger partial charge is 0.462 e. The van der Waals surface area contributed by atoms with Gasteiger partial charge in [-0.25, -0.2) is 0 Å². The second-order valence-corrected chi connectivity index (χ2v) is 14.7. The Morgan fingerprint density at radius 1 is 0.362 bits per heavy atom. The van der Waals surface area contributed by atoms with Crippen LogP contribution in [-0.4, -0.2) is 37.2 Å². The number of hydrogen-bond acceptors (Lipinski definition) is 6. The van der Waals surface area contributed by atoms with E-state index in [2.05, 4.69) is 87.6 Å². The van der Waals surface area contributed by atoms with E-state index in [1.165, 1.54) is 25.7 Å². The van der Waals surface area contributed by atoms with Gasteiger partial charge in [-0.1, -0.05) is 188 Å². The minimum absolute atomic E-state index is 0.108. The van der Waals surface area contributed by atoms with Crippen molar-refractivity contribution in [2.24, 2.45) is 0 Å². The van der Waals surface area contributed by atoms with E-state index in [0.29, 0.717) is 19.3 Å². The number of carbonyl (C=O) groups excluding carboxylic acids is 3. The molecule has 1 unspecified atom stereocenters. The van der Waals surface area contributed by atoms with Gasteiger partial charge in [0, 0.05) is 19.3 Å². The summed E-state index contributed by atoms with van der Waals surface area (Å²) in [5, 5.41) is 0. The fraction of sp³-hybridized carbons (Fsp3) is 0.596. The van der Waals surface area contributed by atoms with Gasteiger partial charge in [-0.05, 0) is 83.5 Å². The third-order valence-corrected chi connectivity index (χ3v) is 9.16. The molecular weight excluding hydrogens is 721 g/mol. The van der Waals surface area contributed by atoms with Crippen LogP contribution >= 0.6 is 0 Å². The topological polar surface area (TPSA) is 78.9 Å². The first-order valence-electron chi connectivity index (χ1n) is 23.0. The number of ether oxygens (including phenoxy) is 3. The van der Waals surface area contributed by atoms with Gasteiger partial charge >= 0.3 is 17.9 Å². The zero-order valence-electron chi connectivity index (χ0n) is 37.0. The third kappa shape index (κ3) is 43.2. The van der Waals surface area contributed by atoms with E-state index in [0.717, 1.165) is 109 Å². The van der Waals surface area contributed by atoms with Crippen molar-refractivity contribution >= 4 is 17.9 Å². The second kappa shape index (κ2) is 45.8. The van der Waals surface area contributed by atoms with E-state index in [1.807, 2.05) is 42.5 Å². The molecule has 0 radical (unpaired) electrons. The summed E-state index contributed by atoms with van der Waals surface area (Å²) in [5.41, 5.74) is 0. The maximum atomic E-state index is 12.7. The van der Waals surface area contributed by atoms with E-state index in [1.54, 1.807) is 0 Å². The minimum atomic E-state index is -0.810. The van der Waals surface area contributed by atoms with Crippen molar-refractivity contribution in [3.8, 4) is 0 Å². The lowest BCUT2D eigenvalue weighted by molar-refractivity contribution is -0.167. The highest BCUT2D eigenvalue weighted by atomic mass is 16.6. The molecule has 0 heterocycles. The predicted molar refractivity (Wildman–Crippen MR) is 247 cm³/mol. The lowest BCUT2D eigenvalue weighted by atomic mass is 10.1. The number of unbranched alkanes of at least 4 members (excludes halogenated alkanes) is 15. The summed E-state index contributed by atoms with van der Waals surface area (Å²) < 4.78 is 16.7. The van der Waals surface area contributed by atoms with Gasteiger partial charge in [0.1, 0.15) is 13.2 Å². The average Bonchev–Trinajstić information content (AvgIpc) is 3.22. The third-order valence-electron chi connectivity index (χ3n) is 9.16. The van der Waals surface area contributed by atoms with Gasteiger partial charge in [-0.15, -0.1) is 0 Å². The molecule has 326 valence electrons. The van der Waals surface area contributed by atoms with Crippen LogP contribution in [0, 0.1) is 0 Å². The van der Waals surface area contributed by atoms with Gasteiger partial charge < -0.3 is 14.2 Å². The molecule has 0 fully saturated rings. The van der Waals surface area contributed by atoms with Crippen LogP contribution in [0.2, 0.25) is 0 Å². The fourth-order valence-corrected chi connectivity index (χ4v) is 5.78. The minimum Gasteiger partial charge on any atom is -0.462 e. The molecule has 0 rings (SSSR count). The molecular formula is C52H82O6. The van der Waals surface area contributed by atoms with E-state index in [4.69, 9.17) is 14.2 Å². The lowest BCUT2D eigenvalue weighted by Crippen LogP contribution is -2.30. The van der Waals surface area contributed by atoms with Crippen LogP contribution < -0.4 is 0 Å². The van der Waals surface area contributed by atoms with Crippen LogP contribution in [-0.2, 0) is 28.6 Å². The molecule has 0 aromatic rings. The maximum absolute atomic E-state index is 12.7. The average molecular weight is 803 g/mol. The van der Waals surface area contributed by atoms with Crippen molar-refractivity contribution in [1.29, 1.82) is 0 Å². The maximum Gasteiger partial charge on any atom is 0.306 e. The van der Waals surface area contributed by atoms with Gasteiger partial charge in [0.15, 0.2) is 6.10 Å². The molecule has 0 aliphatic rings. The molecule has 0 aromatic carbocycles. The Morgan fingerprint density at radius 3 is 1.17 bits per heavy atom. The summed E-state index contributed by atoms with van der Waals surface area (Å²) in [6, 6.07) is 0. The molecule has 0 amide bonds. The summed E-state index contributed by atoms with van der Waals surface area (Å²) in [6.07, 6.45) is 60.7. The second-order valence-electron chi connectivity index (χ2n) is 14.7. The molecule has 6 nitrogen and oxygen atoms in total. The van der Waals surface area contributed by atoms with E-state index < -0.39 is 6.10 Å². The normalized spacial score (nSPS) is 13.1. The summed E-state index contributed by atoms with van der Waals surface area (Å²) in [7, 11) is 0. The quantitative estimate of drug-likeness (QED) is 0.0202. The Balaban J connectivity index is 4.51. The number of allylic oxidation sites excluding steroid dienone is 18. The van der Waals surface area contributed by atoms with Crippen molar-refractivity contribution in [2.75, 3.05) is 13.2 Å². The first-order valence-corrected chi connectivity index (χ1v) is 23.0. The van der Waals surface area contributed by atoms with Gasteiger partial charge in [-0.2, -0.15) is 0 Å². The molecule has 0 spiro atoms. The molecule has 1 atom stereocenters. The summed E-state index contributed by atoms with van der Waals surface area (Å²) in [4.78, 5) is 37.8. The van der Waals surface area contributed by atoms with Crippen LogP contribution in [0.5, 0.6) is 0 Å². The molecule has 0 aliphatic heterocycles. The summed E-state index contributed by atoms with van der Waals surface area (Å²) in [6.45, 7) is 6.17. The zero-order chi connectivity index (χ0) is 42.3. The molecule has 0 N–H and O–H groups in total. The van der Waals surface area contributed by atoms with Crippen LogP contribution in [0.25, 0.3) is 0 Å². The monoisotopic (exact) mass is 803 g/mol. The van der Waals surface area contributed by atoms with Crippen molar-refractivity contribution in [1.82, 2.24) is 0 Å². The molecule has 0 saturated carbocycles. The number of rotatable bonds is 39. The Hall–Kier alpha value is -3.93. The van der Waals surface area contributed by atoms with Crippen molar-refractivity contribution in [2.45, 2.75) is 187 Å². The van der Waals surface area contributed by atoms with Crippen molar-refractivity contribution in [3.63, 3.8) is 0 Å². The summed E-state index contributed by atoms with van der Waals surface area (Å²) in [5.74, 6) is -0.988. The lowest BCUT2D eigenvalue weighted by Gasteiger charge is -2.18. The van der Waals surface area contributed by atoms with E-state index in [9.17, 15) is 14.4 Å². The fourth-order valence-electron chi connectivity index (χ4n) is 5.78. The molecule has 0 saturated heterocycles. The Morgan fingerprint density at radius 2 is 0.707 bits per heavy atom. The first-order chi connectivity index (χ1) is 28.5. The molecule has 0 bridgehead atoms. The van der Waals surface area contributed by atoms with Gasteiger partial charge in [-0.3, -0.25) is 14.4 Å². The highest BCUT2D eigenvalue weighted by Gasteiger charge is 2.19. The predicted octanol–water partition coefficient (Wildman–Crippen LogP) is 14.8. The molecule has 0 aliphatic carbocycles. The Bertz CT molecular complexity index is 1240. The summed E-state index contributed by atoms with van der Waals surface area (Å²) >= 11 is 0. The number of esters is 3. The Labute approximate surface area is 355 Å². The van der Waals surface area contributed by atoms with Crippen LogP contribution in [0.3, 0.4) is 0 Å².